The second-order valence-electron chi connectivity index (χ2n) is 6.53. The summed E-state index contributed by atoms with van der Waals surface area (Å²) in [5.74, 6) is -1.71. The molecule has 1 aliphatic carbocycles. The van der Waals surface area contributed by atoms with Gasteiger partial charge in [-0.2, -0.15) is 0 Å². The van der Waals surface area contributed by atoms with Gasteiger partial charge >= 0.3 is 5.97 Å². The quantitative estimate of drug-likeness (QED) is 0.771. The number of carbonyl (C=O) groups excluding carboxylic acids is 2. The summed E-state index contributed by atoms with van der Waals surface area (Å²) < 4.78 is 0. The number of aliphatic carboxylic acids is 1. The largest absolute Gasteiger partial charge is 0.481 e. The van der Waals surface area contributed by atoms with Crippen LogP contribution in [0.2, 0.25) is 0 Å². The second-order valence-corrected chi connectivity index (χ2v) is 6.53. The van der Waals surface area contributed by atoms with Crippen LogP contribution in [-0.4, -0.2) is 28.9 Å². The van der Waals surface area contributed by atoms with Gasteiger partial charge in [0.2, 0.25) is 0 Å². The van der Waals surface area contributed by atoms with Gasteiger partial charge in [0.1, 0.15) is 0 Å². The smallest absolute Gasteiger partial charge is 0.306 e. The van der Waals surface area contributed by atoms with Crippen molar-refractivity contribution >= 4 is 23.5 Å². The Bertz CT molecular complexity index is 842. The van der Waals surface area contributed by atoms with Gasteiger partial charge in [-0.25, -0.2) is 0 Å². The molecule has 0 unspecified atom stereocenters. The number of benzene rings is 2. The molecule has 0 atom stereocenters. The minimum absolute atomic E-state index is 0.118. The van der Waals surface area contributed by atoms with Crippen molar-refractivity contribution in [1.29, 1.82) is 0 Å². The van der Waals surface area contributed by atoms with E-state index in [4.69, 9.17) is 5.11 Å². The molecule has 134 valence electrons. The molecule has 0 bridgehead atoms. The van der Waals surface area contributed by atoms with Crippen LogP contribution in [0.5, 0.6) is 0 Å². The molecule has 1 aliphatic rings. The zero-order valence-corrected chi connectivity index (χ0v) is 14.4. The van der Waals surface area contributed by atoms with Gasteiger partial charge in [0.25, 0.3) is 11.8 Å². The SMILES string of the molecule is Cc1ccc(C(=O)NC2CC(C(=O)O)C2)cc1NC(=O)c1ccccc1. The van der Waals surface area contributed by atoms with E-state index in [0.29, 0.717) is 29.7 Å². The first-order chi connectivity index (χ1) is 12.4. The van der Waals surface area contributed by atoms with Crippen LogP contribution >= 0.6 is 0 Å². The van der Waals surface area contributed by atoms with Crippen LogP contribution in [-0.2, 0) is 4.79 Å². The van der Waals surface area contributed by atoms with E-state index >= 15 is 0 Å². The number of amides is 2. The van der Waals surface area contributed by atoms with Crippen molar-refractivity contribution in [2.45, 2.75) is 25.8 Å². The summed E-state index contributed by atoms with van der Waals surface area (Å²) in [4.78, 5) is 35.5. The van der Waals surface area contributed by atoms with Gasteiger partial charge in [0, 0.05) is 22.9 Å². The normalized spacial score (nSPS) is 18.5. The van der Waals surface area contributed by atoms with Gasteiger partial charge in [-0.3, -0.25) is 14.4 Å². The third-order valence-corrected chi connectivity index (χ3v) is 4.61. The van der Waals surface area contributed by atoms with Gasteiger partial charge < -0.3 is 15.7 Å². The molecule has 2 aromatic carbocycles. The van der Waals surface area contributed by atoms with E-state index in [-0.39, 0.29) is 23.8 Å². The highest BCUT2D eigenvalue weighted by Crippen LogP contribution is 2.28. The monoisotopic (exact) mass is 352 g/mol. The van der Waals surface area contributed by atoms with Crippen molar-refractivity contribution in [1.82, 2.24) is 5.32 Å². The minimum Gasteiger partial charge on any atom is -0.481 e. The average Bonchev–Trinajstić information content (AvgIpc) is 2.59. The van der Waals surface area contributed by atoms with E-state index in [1.54, 1.807) is 42.5 Å². The maximum absolute atomic E-state index is 12.4. The van der Waals surface area contributed by atoms with Gasteiger partial charge in [0.05, 0.1) is 5.92 Å². The molecule has 0 aromatic heterocycles. The highest BCUT2D eigenvalue weighted by Gasteiger charge is 2.35. The van der Waals surface area contributed by atoms with Crippen LogP contribution < -0.4 is 10.6 Å². The highest BCUT2D eigenvalue weighted by molar-refractivity contribution is 6.05. The molecule has 3 rings (SSSR count). The zero-order chi connectivity index (χ0) is 18.7. The molecular weight excluding hydrogens is 332 g/mol. The molecule has 1 fully saturated rings. The van der Waals surface area contributed by atoms with Gasteiger partial charge in [-0.15, -0.1) is 0 Å². The molecule has 6 nitrogen and oxygen atoms in total. The fraction of sp³-hybridized carbons (Fsp3) is 0.250. The molecular formula is C20H20N2O4. The maximum atomic E-state index is 12.4. The first-order valence-corrected chi connectivity index (χ1v) is 8.45. The third-order valence-electron chi connectivity index (χ3n) is 4.61. The Morgan fingerprint density at radius 2 is 1.65 bits per heavy atom. The number of carbonyl (C=O) groups is 3. The lowest BCUT2D eigenvalue weighted by molar-refractivity contribution is -0.145. The number of nitrogens with one attached hydrogen (secondary N) is 2. The van der Waals surface area contributed by atoms with Gasteiger partial charge in [-0.1, -0.05) is 24.3 Å². The van der Waals surface area contributed by atoms with Gasteiger partial charge in [-0.05, 0) is 49.6 Å². The van der Waals surface area contributed by atoms with Crippen LogP contribution in [0.15, 0.2) is 48.5 Å². The third kappa shape index (κ3) is 3.91. The molecule has 0 saturated heterocycles. The van der Waals surface area contributed by atoms with Crippen LogP contribution in [0.3, 0.4) is 0 Å². The van der Waals surface area contributed by atoms with Crippen molar-refractivity contribution in [2.24, 2.45) is 5.92 Å². The van der Waals surface area contributed by atoms with E-state index in [9.17, 15) is 14.4 Å². The Morgan fingerprint density at radius 3 is 2.31 bits per heavy atom. The van der Waals surface area contributed by atoms with Crippen LogP contribution in [0, 0.1) is 12.8 Å². The average molecular weight is 352 g/mol. The lowest BCUT2D eigenvalue weighted by Gasteiger charge is -2.32. The first kappa shape index (κ1) is 17.7. The summed E-state index contributed by atoms with van der Waals surface area (Å²) >= 11 is 0. The summed E-state index contributed by atoms with van der Waals surface area (Å²) in [6.45, 7) is 1.85. The first-order valence-electron chi connectivity index (χ1n) is 8.45. The fourth-order valence-electron chi connectivity index (χ4n) is 2.89. The Balaban J connectivity index is 1.66. The van der Waals surface area contributed by atoms with Crippen molar-refractivity contribution in [3.05, 3.63) is 65.2 Å². The van der Waals surface area contributed by atoms with Crippen LogP contribution in [0.25, 0.3) is 0 Å². The molecule has 3 N–H and O–H groups in total. The highest BCUT2D eigenvalue weighted by atomic mass is 16.4. The van der Waals surface area contributed by atoms with Crippen molar-refractivity contribution < 1.29 is 19.5 Å². The molecule has 1 saturated carbocycles. The van der Waals surface area contributed by atoms with E-state index in [1.807, 2.05) is 13.0 Å². The number of rotatable bonds is 5. The predicted octanol–water partition coefficient (Wildman–Crippen LogP) is 2.84. The number of carboxylic acid groups (broad SMARTS) is 1. The number of carboxylic acids is 1. The Labute approximate surface area is 151 Å². The van der Waals surface area contributed by atoms with E-state index in [0.717, 1.165) is 5.56 Å². The lowest BCUT2D eigenvalue weighted by Crippen LogP contribution is -2.46. The minimum atomic E-state index is -0.822. The molecule has 0 radical (unpaired) electrons. The van der Waals surface area contributed by atoms with Gasteiger partial charge in [0.15, 0.2) is 0 Å². The summed E-state index contributed by atoms with van der Waals surface area (Å²) in [7, 11) is 0. The predicted molar refractivity (Wildman–Crippen MR) is 97.2 cm³/mol. The molecule has 2 amide bonds. The molecule has 26 heavy (non-hydrogen) atoms. The second kappa shape index (κ2) is 7.39. The molecule has 0 spiro atoms. The number of aryl methyl sites for hydroxylation is 1. The lowest BCUT2D eigenvalue weighted by atomic mass is 9.80. The number of hydrogen-bond acceptors (Lipinski definition) is 3. The Morgan fingerprint density at radius 1 is 0.962 bits per heavy atom. The summed E-state index contributed by atoms with van der Waals surface area (Å²) in [5, 5.41) is 14.6. The number of anilines is 1. The van der Waals surface area contributed by atoms with Crippen molar-refractivity contribution in [2.75, 3.05) is 5.32 Å². The maximum Gasteiger partial charge on any atom is 0.306 e. The summed E-state index contributed by atoms with van der Waals surface area (Å²) in [5.41, 5.74) is 2.39. The topological polar surface area (TPSA) is 95.5 Å². The van der Waals surface area contributed by atoms with Crippen LogP contribution in [0.1, 0.15) is 39.1 Å². The van der Waals surface area contributed by atoms with E-state index < -0.39 is 5.97 Å². The Hall–Kier alpha value is -3.15. The van der Waals surface area contributed by atoms with E-state index in [2.05, 4.69) is 10.6 Å². The Kier molecular flexibility index (Phi) is 5.02. The molecule has 0 heterocycles. The molecule has 6 heteroatoms. The van der Waals surface area contributed by atoms with Crippen molar-refractivity contribution in [3.63, 3.8) is 0 Å². The number of hydrogen-bond donors (Lipinski definition) is 3. The molecule has 0 aliphatic heterocycles. The fourth-order valence-corrected chi connectivity index (χ4v) is 2.89. The zero-order valence-electron chi connectivity index (χ0n) is 14.4. The van der Waals surface area contributed by atoms with E-state index in [1.165, 1.54) is 0 Å². The summed E-state index contributed by atoms with van der Waals surface area (Å²) in [6, 6.07) is 13.8. The molecule has 2 aromatic rings. The van der Waals surface area contributed by atoms with Crippen molar-refractivity contribution in [3.8, 4) is 0 Å². The van der Waals surface area contributed by atoms with Crippen LogP contribution in [0.4, 0.5) is 5.69 Å². The summed E-state index contributed by atoms with van der Waals surface area (Å²) in [6.07, 6.45) is 0.898. The standard InChI is InChI=1S/C20H20N2O4/c1-12-7-8-14(19(24)21-16-9-15(10-16)20(25)26)11-17(12)22-18(23)13-5-3-2-4-6-13/h2-8,11,15-16H,9-10H2,1H3,(H,21,24)(H,22,23)(H,25,26).